The molecule has 0 spiro atoms. The molecular weight excluding hydrogens is 448 g/mol. The molecule has 0 atom stereocenters. The standard InChI is InChI=1S/C25H24F4N4O/c1-3-19-16(2)30-22(17-8-10-18(11-9-17)25(27,28)29)31-23(19)32-12-14-33(15-13-32)24(34)20-6-4-5-7-21(20)26/h4-11H,3,12-15H2,1-2H3. The molecule has 0 unspecified atom stereocenters. The summed E-state index contributed by atoms with van der Waals surface area (Å²) in [5.74, 6) is 0.166. The topological polar surface area (TPSA) is 49.3 Å². The third-order valence-electron chi connectivity index (χ3n) is 5.99. The van der Waals surface area contributed by atoms with Gasteiger partial charge in [-0.3, -0.25) is 4.79 Å². The van der Waals surface area contributed by atoms with Gasteiger partial charge in [-0.2, -0.15) is 13.2 Å². The van der Waals surface area contributed by atoms with Crippen LogP contribution in [-0.4, -0.2) is 47.0 Å². The van der Waals surface area contributed by atoms with Crippen LogP contribution >= 0.6 is 0 Å². The molecule has 0 saturated carbocycles. The smallest absolute Gasteiger partial charge is 0.353 e. The van der Waals surface area contributed by atoms with Crippen LogP contribution in [-0.2, 0) is 12.6 Å². The Morgan fingerprint density at radius 1 is 0.971 bits per heavy atom. The van der Waals surface area contributed by atoms with Gasteiger partial charge in [-0.1, -0.05) is 31.2 Å². The number of piperazine rings is 1. The van der Waals surface area contributed by atoms with Crippen molar-refractivity contribution in [2.45, 2.75) is 26.4 Å². The minimum atomic E-state index is -4.41. The van der Waals surface area contributed by atoms with Crippen LogP contribution in [0.5, 0.6) is 0 Å². The summed E-state index contributed by atoms with van der Waals surface area (Å²) >= 11 is 0. The second-order valence-electron chi connectivity index (χ2n) is 8.12. The van der Waals surface area contributed by atoms with E-state index in [1.807, 2.05) is 18.7 Å². The van der Waals surface area contributed by atoms with Crippen LogP contribution in [0, 0.1) is 12.7 Å². The van der Waals surface area contributed by atoms with E-state index in [9.17, 15) is 22.4 Å². The molecular formula is C25H24F4N4O. The Morgan fingerprint density at radius 3 is 2.21 bits per heavy atom. The first-order chi connectivity index (χ1) is 16.2. The van der Waals surface area contributed by atoms with Crippen molar-refractivity contribution in [3.05, 3.63) is 76.7 Å². The molecule has 2 aromatic carbocycles. The second-order valence-corrected chi connectivity index (χ2v) is 8.12. The molecule has 0 N–H and O–H groups in total. The lowest BCUT2D eigenvalue weighted by molar-refractivity contribution is -0.137. The van der Waals surface area contributed by atoms with E-state index in [0.717, 1.165) is 23.4 Å². The second kappa shape index (κ2) is 9.40. The van der Waals surface area contributed by atoms with Crippen molar-refractivity contribution in [1.82, 2.24) is 14.9 Å². The number of amides is 1. The van der Waals surface area contributed by atoms with Gasteiger partial charge in [-0.25, -0.2) is 14.4 Å². The number of aromatic nitrogens is 2. The Hall–Kier alpha value is -3.49. The van der Waals surface area contributed by atoms with Crippen molar-refractivity contribution in [2.75, 3.05) is 31.1 Å². The Bertz CT molecular complexity index is 1190. The van der Waals surface area contributed by atoms with E-state index in [1.165, 1.54) is 24.3 Å². The van der Waals surface area contributed by atoms with E-state index in [1.54, 1.807) is 17.0 Å². The molecule has 0 aliphatic carbocycles. The van der Waals surface area contributed by atoms with Crippen LogP contribution in [0.3, 0.4) is 0 Å². The quantitative estimate of drug-likeness (QED) is 0.494. The summed E-state index contributed by atoms with van der Waals surface area (Å²) in [7, 11) is 0. The summed E-state index contributed by atoms with van der Waals surface area (Å²) < 4.78 is 52.8. The molecule has 1 aliphatic heterocycles. The fourth-order valence-electron chi connectivity index (χ4n) is 4.12. The monoisotopic (exact) mass is 472 g/mol. The Labute approximate surface area is 195 Å². The first-order valence-corrected chi connectivity index (χ1v) is 11.0. The minimum absolute atomic E-state index is 0.0488. The summed E-state index contributed by atoms with van der Waals surface area (Å²) in [6, 6.07) is 10.7. The fraction of sp³-hybridized carbons (Fsp3) is 0.320. The molecule has 4 rings (SSSR count). The lowest BCUT2D eigenvalue weighted by atomic mass is 10.1. The van der Waals surface area contributed by atoms with E-state index in [4.69, 9.17) is 4.98 Å². The van der Waals surface area contributed by atoms with Gasteiger partial charge in [0.05, 0.1) is 11.1 Å². The van der Waals surface area contributed by atoms with Crippen molar-refractivity contribution in [1.29, 1.82) is 0 Å². The van der Waals surface area contributed by atoms with Crippen molar-refractivity contribution in [3.63, 3.8) is 0 Å². The van der Waals surface area contributed by atoms with Crippen LogP contribution in [0.2, 0.25) is 0 Å². The number of anilines is 1. The molecule has 9 heteroatoms. The number of hydrogen-bond donors (Lipinski definition) is 0. The highest BCUT2D eigenvalue weighted by molar-refractivity contribution is 5.94. The SMILES string of the molecule is CCc1c(C)nc(-c2ccc(C(F)(F)F)cc2)nc1N1CCN(C(=O)c2ccccc2F)CC1. The van der Waals surface area contributed by atoms with Gasteiger partial charge in [0, 0.05) is 43.0 Å². The van der Waals surface area contributed by atoms with Crippen molar-refractivity contribution in [3.8, 4) is 11.4 Å². The van der Waals surface area contributed by atoms with Gasteiger partial charge >= 0.3 is 6.18 Å². The summed E-state index contributed by atoms with van der Waals surface area (Å²) in [5.41, 5.74) is 1.52. The van der Waals surface area contributed by atoms with Crippen LogP contribution in [0.15, 0.2) is 48.5 Å². The molecule has 1 aromatic heterocycles. The van der Waals surface area contributed by atoms with Crippen LogP contribution in [0.25, 0.3) is 11.4 Å². The molecule has 178 valence electrons. The fourth-order valence-corrected chi connectivity index (χ4v) is 4.12. The Balaban J connectivity index is 1.57. The molecule has 5 nitrogen and oxygen atoms in total. The van der Waals surface area contributed by atoms with Gasteiger partial charge in [-0.15, -0.1) is 0 Å². The number of halogens is 4. The minimum Gasteiger partial charge on any atom is -0.353 e. The summed E-state index contributed by atoms with van der Waals surface area (Å²) in [6.45, 7) is 5.64. The normalized spacial score (nSPS) is 14.4. The van der Waals surface area contributed by atoms with Crippen molar-refractivity contribution >= 4 is 11.7 Å². The lowest BCUT2D eigenvalue weighted by Crippen LogP contribution is -2.49. The molecule has 1 amide bonds. The van der Waals surface area contributed by atoms with Crippen molar-refractivity contribution < 1.29 is 22.4 Å². The number of rotatable bonds is 4. The molecule has 34 heavy (non-hydrogen) atoms. The predicted octanol–water partition coefficient (Wildman–Crippen LogP) is 5.13. The largest absolute Gasteiger partial charge is 0.416 e. The van der Waals surface area contributed by atoms with Crippen molar-refractivity contribution in [2.24, 2.45) is 0 Å². The van der Waals surface area contributed by atoms with E-state index in [2.05, 4.69) is 4.98 Å². The van der Waals surface area contributed by atoms with Gasteiger partial charge in [0.2, 0.25) is 0 Å². The van der Waals surface area contributed by atoms with Crippen LogP contribution in [0.1, 0.15) is 34.1 Å². The number of nitrogens with zero attached hydrogens (tertiary/aromatic N) is 4. The lowest BCUT2D eigenvalue weighted by Gasteiger charge is -2.36. The molecule has 0 radical (unpaired) electrons. The summed E-state index contributed by atoms with van der Waals surface area (Å²) in [4.78, 5) is 25.6. The molecule has 0 bridgehead atoms. The number of benzene rings is 2. The highest BCUT2D eigenvalue weighted by Crippen LogP contribution is 2.32. The zero-order valence-corrected chi connectivity index (χ0v) is 18.9. The predicted molar refractivity (Wildman–Crippen MR) is 121 cm³/mol. The third kappa shape index (κ3) is 4.73. The number of carbonyl (C=O) groups is 1. The zero-order valence-electron chi connectivity index (χ0n) is 18.9. The summed E-state index contributed by atoms with van der Waals surface area (Å²) in [5, 5.41) is 0. The number of alkyl halides is 3. The van der Waals surface area contributed by atoms with E-state index < -0.39 is 17.6 Å². The van der Waals surface area contributed by atoms with Crippen LogP contribution < -0.4 is 4.90 Å². The number of aryl methyl sites for hydroxylation is 1. The van der Waals surface area contributed by atoms with E-state index in [-0.39, 0.29) is 11.5 Å². The maximum Gasteiger partial charge on any atom is 0.416 e. The highest BCUT2D eigenvalue weighted by Gasteiger charge is 2.30. The highest BCUT2D eigenvalue weighted by atomic mass is 19.4. The third-order valence-corrected chi connectivity index (χ3v) is 5.99. The number of hydrogen-bond acceptors (Lipinski definition) is 4. The maximum atomic E-state index is 14.0. The van der Waals surface area contributed by atoms with Crippen LogP contribution in [0.4, 0.5) is 23.4 Å². The Morgan fingerprint density at radius 2 is 1.62 bits per heavy atom. The molecule has 2 heterocycles. The molecule has 1 aliphatic rings. The van der Waals surface area contributed by atoms with Gasteiger partial charge < -0.3 is 9.80 Å². The molecule has 1 saturated heterocycles. The van der Waals surface area contributed by atoms with E-state index >= 15 is 0 Å². The maximum absolute atomic E-state index is 14.0. The zero-order chi connectivity index (χ0) is 24.5. The molecule has 1 fully saturated rings. The van der Waals surface area contributed by atoms with E-state index in [0.29, 0.717) is 49.8 Å². The van der Waals surface area contributed by atoms with Gasteiger partial charge in [-0.05, 0) is 37.6 Å². The molecule has 3 aromatic rings. The van der Waals surface area contributed by atoms with Gasteiger partial charge in [0.1, 0.15) is 11.6 Å². The average Bonchev–Trinajstić information content (AvgIpc) is 2.83. The first kappa shape index (κ1) is 23.7. The average molecular weight is 472 g/mol. The van der Waals surface area contributed by atoms with Gasteiger partial charge in [0.25, 0.3) is 5.91 Å². The number of carbonyl (C=O) groups excluding carboxylic acids is 1. The Kier molecular flexibility index (Phi) is 6.54. The van der Waals surface area contributed by atoms with Gasteiger partial charge in [0.15, 0.2) is 5.82 Å². The summed E-state index contributed by atoms with van der Waals surface area (Å²) in [6.07, 6.45) is -3.73. The first-order valence-electron chi connectivity index (χ1n) is 11.0.